The molecule has 0 saturated carbocycles. The summed E-state index contributed by atoms with van der Waals surface area (Å²) in [4.78, 5) is 30.9. The SMILES string of the molecule is CCN(CC(=O)Nc1cccc(OC)c1)C(=O)Cc1csc(-c2cccc(F)c2)n1. The van der Waals surface area contributed by atoms with Crippen LogP contribution in [0.4, 0.5) is 10.1 Å². The standard InChI is InChI=1S/C22H22FN3O3S/c1-3-26(13-20(27)24-17-8-5-9-19(11-17)29-2)21(28)12-18-14-30-22(25-18)15-6-4-7-16(23)10-15/h4-11,14H,3,12-13H2,1-2H3,(H,24,27). The number of rotatable bonds is 8. The van der Waals surface area contributed by atoms with Crippen LogP contribution in [0.3, 0.4) is 0 Å². The molecule has 0 fully saturated rings. The van der Waals surface area contributed by atoms with Crippen LogP contribution in [0.15, 0.2) is 53.9 Å². The Morgan fingerprint density at radius 3 is 2.73 bits per heavy atom. The summed E-state index contributed by atoms with van der Waals surface area (Å²) in [6, 6.07) is 13.2. The number of hydrogen-bond acceptors (Lipinski definition) is 5. The van der Waals surface area contributed by atoms with E-state index in [-0.39, 0.29) is 30.6 Å². The van der Waals surface area contributed by atoms with Crippen molar-refractivity contribution in [3.8, 4) is 16.3 Å². The van der Waals surface area contributed by atoms with Crippen molar-refractivity contribution in [3.63, 3.8) is 0 Å². The molecule has 0 saturated heterocycles. The summed E-state index contributed by atoms with van der Waals surface area (Å²) in [6.45, 7) is 2.15. The molecule has 1 heterocycles. The van der Waals surface area contributed by atoms with Crippen LogP contribution in [0.25, 0.3) is 10.6 Å². The molecule has 2 amide bonds. The summed E-state index contributed by atoms with van der Waals surface area (Å²) in [7, 11) is 1.55. The lowest BCUT2D eigenvalue weighted by Gasteiger charge is -2.20. The van der Waals surface area contributed by atoms with Gasteiger partial charge in [0.05, 0.1) is 25.8 Å². The van der Waals surface area contributed by atoms with E-state index >= 15 is 0 Å². The van der Waals surface area contributed by atoms with Gasteiger partial charge in [-0.1, -0.05) is 18.2 Å². The molecule has 3 rings (SSSR count). The van der Waals surface area contributed by atoms with Gasteiger partial charge in [0.1, 0.15) is 16.6 Å². The number of amides is 2. The highest BCUT2D eigenvalue weighted by Crippen LogP contribution is 2.24. The molecule has 0 spiro atoms. The van der Waals surface area contributed by atoms with E-state index < -0.39 is 0 Å². The fraction of sp³-hybridized carbons (Fsp3) is 0.227. The molecule has 156 valence electrons. The Kier molecular flexibility index (Phi) is 7.13. The average molecular weight is 428 g/mol. The maximum Gasteiger partial charge on any atom is 0.243 e. The van der Waals surface area contributed by atoms with Crippen molar-refractivity contribution in [1.29, 1.82) is 0 Å². The normalized spacial score (nSPS) is 10.5. The smallest absolute Gasteiger partial charge is 0.243 e. The van der Waals surface area contributed by atoms with Crippen LogP contribution in [-0.4, -0.2) is 41.9 Å². The van der Waals surface area contributed by atoms with Crippen molar-refractivity contribution >= 4 is 28.8 Å². The molecule has 0 aliphatic rings. The highest BCUT2D eigenvalue weighted by Gasteiger charge is 2.18. The van der Waals surface area contributed by atoms with Crippen LogP contribution in [0.1, 0.15) is 12.6 Å². The number of benzene rings is 2. The fourth-order valence-corrected chi connectivity index (χ4v) is 3.68. The lowest BCUT2D eigenvalue weighted by molar-refractivity contribution is -0.133. The number of anilines is 1. The molecule has 0 radical (unpaired) electrons. The third-order valence-corrected chi connectivity index (χ3v) is 5.32. The summed E-state index contributed by atoms with van der Waals surface area (Å²) in [5, 5.41) is 5.20. The number of nitrogens with zero attached hydrogens (tertiary/aromatic N) is 2. The maximum atomic E-state index is 13.4. The zero-order valence-corrected chi connectivity index (χ0v) is 17.5. The molecule has 0 bridgehead atoms. The quantitative estimate of drug-likeness (QED) is 0.590. The molecule has 0 aliphatic heterocycles. The van der Waals surface area contributed by atoms with Gasteiger partial charge in [0, 0.05) is 29.2 Å². The van der Waals surface area contributed by atoms with Gasteiger partial charge in [0.15, 0.2) is 0 Å². The van der Waals surface area contributed by atoms with E-state index in [4.69, 9.17) is 4.74 Å². The highest BCUT2D eigenvalue weighted by molar-refractivity contribution is 7.13. The van der Waals surface area contributed by atoms with Crippen molar-refractivity contribution in [2.75, 3.05) is 25.5 Å². The van der Waals surface area contributed by atoms with Crippen molar-refractivity contribution in [2.24, 2.45) is 0 Å². The first-order chi connectivity index (χ1) is 14.5. The minimum Gasteiger partial charge on any atom is -0.497 e. The van der Waals surface area contributed by atoms with Crippen LogP contribution >= 0.6 is 11.3 Å². The minimum atomic E-state index is -0.334. The van der Waals surface area contributed by atoms with E-state index in [2.05, 4.69) is 10.3 Å². The number of methoxy groups -OCH3 is 1. The largest absolute Gasteiger partial charge is 0.497 e. The summed E-state index contributed by atoms with van der Waals surface area (Å²) >= 11 is 1.35. The third kappa shape index (κ3) is 5.64. The topological polar surface area (TPSA) is 71.5 Å². The van der Waals surface area contributed by atoms with Gasteiger partial charge in [0.2, 0.25) is 11.8 Å². The Hall–Kier alpha value is -3.26. The van der Waals surface area contributed by atoms with E-state index in [1.807, 2.05) is 6.92 Å². The summed E-state index contributed by atoms with van der Waals surface area (Å²) in [6.07, 6.45) is 0.0755. The van der Waals surface area contributed by atoms with E-state index in [0.29, 0.717) is 34.2 Å². The minimum absolute atomic E-state index is 0.0621. The lowest BCUT2D eigenvalue weighted by Crippen LogP contribution is -2.38. The predicted octanol–water partition coefficient (Wildman–Crippen LogP) is 3.99. The lowest BCUT2D eigenvalue weighted by atomic mass is 10.2. The van der Waals surface area contributed by atoms with Gasteiger partial charge in [-0.3, -0.25) is 9.59 Å². The number of nitrogens with one attached hydrogen (secondary N) is 1. The number of likely N-dealkylation sites (N-methyl/N-ethyl adjacent to an activating group) is 1. The Morgan fingerprint density at radius 2 is 2.00 bits per heavy atom. The van der Waals surface area contributed by atoms with E-state index in [0.717, 1.165) is 0 Å². The van der Waals surface area contributed by atoms with E-state index in [1.165, 1.54) is 28.4 Å². The Bertz CT molecular complexity index is 1040. The Morgan fingerprint density at radius 1 is 1.20 bits per heavy atom. The molecule has 1 aromatic heterocycles. The molecule has 1 N–H and O–H groups in total. The van der Waals surface area contributed by atoms with Crippen molar-refractivity contribution in [1.82, 2.24) is 9.88 Å². The number of carbonyl (C=O) groups excluding carboxylic acids is 2. The maximum absolute atomic E-state index is 13.4. The summed E-state index contributed by atoms with van der Waals surface area (Å²) in [5.74, 6) is -0.194. The first kappa shape index (κ1) is 21.4. The molecule has 0 unspecified atom stereocenters. The van der Waals surface area contributed by atoms with Crippen LogP contribution < -0.4 is 10.1 Å². The molecule has 0 atom stereocenters. The molecular formula is C22H22FN3O3S. The third-order valence-electron chi connectivity index (χ3n) is 4.38. The molecule has 8 heteroatoms. The van der Waals surface area contributed by atoms with Gasteiger partial charge in [-0.15, -0.1) is 11.3 Å². The van der Waals surface area contributed by atoms with Crippen LogP contribution in [0, 0.1) is 5.82 Å². The van der Waals surface area contributed by atoms with Crippen molar-refractivity contribution in [3.05, 3.63) is 65.4 Å². The van der Waals surface area contributed by atoms with Gasteiger partial charge >= 0.3 is 0 Å². The van der Waals surface area contributed by atoms with Crippen LogP contribution in [0.5, 0.6) is 5.75 Å². The predicted molar refractivity (Wildman–Crippen MR) is 115 cm³/mol. The molecule has 2 aromatic carbocycles. The summed E-state index contributed by atoms with van der Waals surface area (Å²) in [5.41, 5.74) is 1.86. The first-order valence-corrected chi connectivity index (χ1v) is 10.3. The van der Waals surface area contributed by atoms with Gasteiger partial charge in [-0.2, -0.15) is 0 Å². The van der Waals surface area contributed by atoms with Gasteiger partial charge in [-0.25, -0.2) is 9.37 Å². The number of ether oxygens (including phenoxy) is 1. The Labute approximate surface area is 178 Å². The molecular weight excluding hydrogens is 405 g/mol. The zero-order chi connectivity index (χ0) is 21.5. The second kappa shape index (κ2) is 9.98. The molecule has 3 aromatic rings. The van der Waals surface area contributed by atoms with Crippen LogP contribution in [-0.2, 0) is 16.0 Å². The van der Waals surface area contributed by atoms with Gasteiger partial charge in [-0.05, 0) is 31.2 Å². The van der Waals surface area contributed by atoms with Gasteiger partial charge < -0.3 is 15.0 Å². The zero-order valence-electron chi connectivity index (χ0n) is 16.7. The monoisotopic (exact) mass is 427 g/mol. The number of carbonyl (C=O) groups is 2. The number of halogens is 1. The molecule has 30 heavy (non-hydrogen) atoms. The molecule has 6 nitrogen and oxygen atoms in total. The van der Waals surface area contributed by atoms with E-state index in [1.54, 1.807) is 48.9 Å². The first-order valence-electron chi connectivity index (χ1n) is 9.40. The second-order valence-corrected chi connectivity index (χ2v) is 7.38. The molecule has 0 aliphatic carbocycles. The number of thiazole rings is 1. The highest BCUT2D eigenvalue weighted by atomic mass is 32.1. The van der Waals surface area contributed by atoms with Crippen molar-refractivity contribution in [2.45, 2.75) is 13.3 Å². The number of hydrogen-bond donors (Lipinski definition) is 1. The van der Waals surface area contributed by atoms with Crippen molar-refractivity contribution < 1.29 is 18.7 Å². The average Bonchev–Trinajstić information content (AvgIpc) is 3.20. The fourth-order valence-electron chi connectivity index (χ4n) is 2.86. The van der Waals surface area contributed by atoms with E-state index in [9.17, 15) is 14.0 Å². The summed E-state index contributed by atoms with van der Waals surface area (Å²) < 4.78 is 18.6. The number of aromatic nitrogens is 1. The van der Waals surface area contributed by atoms with Gasteiger partial charge in [0.25, 0.3) is 0 Å². The van der Waals surface area contributed by atoms with Crippen LogP contribution in [0.2, 0.25) is 0 Å². The Balaban J connectivity index is 1.60. The second-order valence-electron chi connectivity index (χ2n) is 6.52.